The van der Waals surface area contributed by atoms with Crippen molar-refractivity contribution in [2.45, 2.75) is 24.8 Å². The SMILES string of the molecule is Cc1nc2ccccc2n1CCNC(=O)c1cccc(S(=O)(=O)N2CCc3ccccc32)c1. The second kappa shape index (κ2) is 8.37. The number of amides is 1. The van der Waals surface area contributed by atoms with Gasteiger partial charge in [0.15, 0.2) is 0 Å². The summed E-state index contributed by atoms with van der Waals surface area (Å²) in [7, 11) is -3.75. The fourth-order valence-electron chi connectivity index (χ4n) is 4.34. The van der Waals surface area contributed by atoms with Crippen LogP contribution in [0.1, 0.15) is 21.7 Å². The molecule has 5 rings (SSSR count). The van der Waals surface area contributed by atoms with Crippen molar-refractivity contribution in [2.75, 3.05) is 17.4 Å². The summed E-state index contributed by atoms with van der Waals surface area (Å²) in [4.78, 5) is 17.4. The van der Waals surface area contributed by atoms with E-state index in [1.165, 1.54) is 16.4 Å². The Morgan fingerprint density at radius 1 is 1.03 bits per heavy atom. The molecule has 3 aromatic carbocycles. The van der Waals surface area contributed by atoms with Crippen molar-refractivity contribution in [3.63, 3.8) is 0 Å². The molecule has 0 saturated carbocycles. The number of fused-ring (bicyclic) bond motifs is 2. The third-order valence-electron chi connectivity index (χ3n) is 6.00. The molecule has 168 valence electrons. The normalized spacial score (nSPS) is 13.3. The van der Waals surface area contributed by atoms with Crippen molar-refractivity contribution in [3.8, 4) is 0 Å². The van der Waals surface area contributed by atoms with Crippen LogP contribution in [0.3, 0.4) is 0 Å². The van der Waals surface area contributed by atoms with Crippen LogP contribution in [0.4, 0.5) is 5.69 Å². The lowest BCUT2D eigenvalue weighted by Gasteiger charge is -2.20. The van der Waals surface area contributed by atoms with Crippen LogP contribution in [0.25, 0.3) is 11.0 Å². The molecular weight excluding hydrogens is 436 g/mol. The van der Waals surface area contributed by atoms with E-state index >= 15 is 0 Å². The minimum atomic E-state index is -3.75. The van der Waals surface area contributed by atoms with E-state index in [2.05, 4.69) is 14.9 Å². The molecule has 0 saturated heterocycles. The molecule has 8 heteroatoms. The van der Waals surface area contributed by atoms with Crippen molar-refractivity contribution >= 4 is 32.7 Å². The fraction of sp³-hybridized carbons (Fsp3) is 0.200. The topological polar surface area (TPSA) is 84.3 Å². The van der Waals surface area contributed by atoms with Gasteiger partial charge in [-0.1, -0.05) is 36.4 Å². The molecular formula is C25H24N4O3S. The number of carbonyl (C=O) groups is 1. The van der Waals surface area contributed by atoms with E-state index in [-0.39, 0.29) is 10.8 Å². The Labute approximate surface area is 192 Å². The summed E-state index contributed by atoms with van der Waals surface area (Å²) in [6.07, 6.45) is 0.679. The van der Waals surface area contributed by atoms with Crippen molar-refractivity contribution in [1.29, 1.82) is 0 Å². The quantitative estimate of drug-likeness (QED) is 0.477. The summed E-state index contributed by atoms with van der Waals surface area (Å²) in [6.45, 7) is 3.31. The zero-order chi connectivity index (χ0) is 23.0. The predicted molar refractivity (Wildman–Crippen MR) is 128 cm³/mol. The van der Waals surface area contributed by atoms with Crippen LogP contribution in [-0.4, -0.2) is 37.0 Å². The molecule has 1 aromatic heterocycles. The Hall–Kier alpha value is -3.65. The first-order valence-corrected chi connectivity index (χ1v) is 12.3. The number of hydrogen-bond acceptors (Lipinski definition) is 4. The van der Waals surface area contributed by atoms with Crippen LogP contribution in [0.2, 0.25) is 0 Å². The zero-order valence-corrected chi connectivity index (χ0v) is 19.0. The van der Waals surface area contributed by atoms with Gasteiger partial charge in [-0.2, -0.15) is 0 Å². The standard InChI is InChI=1S/C25H24N4O3S/c1-18-27-22-10-3-5-12-24(22)28(18)16-14-26-25(30)20-8-6-9-21(17-20)33(31,32)29-15-13-19-7-2-4-11-23(19)29/h2-12,17H,13-16H2,1H3,(H,26,30). The molecule has 1 N–H and O–H groups in total. The number of aromatic nitrogens is 2. The van der Waals surface area contributed by atoms with Crippen LogP contribution in [-0.2, 0) is 23.0 Å². The summed E-state index contributed by atoms with van der Waals surface area (Å²) in [5.74, 6) is 0.570. The number of para-hydroxylation sites is 3. The zero-order valence-electron chi connectivity index (χ0n) is 18.2. The van der Waals surface area contributed by atoms with Crippen molar-refractivity contribution in [3.05, 3.63) is 89.7 Å². The highest BCUT2D eigenvalue weighted by Crippen LogP contribution is 2.32. The molecule has 7 nitrogen and oxygen atoms in total. The Bertz CT molecular complexity index is 1460. The lowest BCUT2D eigenvalue weighted by molar-refractivity contribution is 0.0952. The highest BCUT2D eigenvalue weighted by atomic mass is 32.2. The van der Waals surface area contributed by atoms with Gasteiger partial charge in [-0.25, -0.2) is 13.4 Å². The van der Waals surface area contributed by atoms with E-state index in [0.717, 1.165) is 22.4 Å². The third kappa shape index (κ3) is 3.87. The van der Waals surface area contributed by atoms with Crippen molar-refractivity contribution in [2.24, 2.45) is 0 Å². The van der Waals surface area contributed by atoms with Crippen LogP contribution < -0.4 is 9.62 Å². The lowest BCUT2D eigenvalue weighted by Crippen LogP contribution is -2.30. The highest BCUT2D eigenvalue weighted by Gasteiger charge is 2.30. The highest BCUT2D eigenvalue weighted by molar-refractivity contribution is 7.92. The van der Waals surface area contributed by atoms with E-state index in [0.29, 0.717) is 37.3 Å². The number of nitrogens with zero attached hydrogens (tertiary/aromatic N) is 3. The number of rotatable bonds is 6. The van der Waals surface area contributed by atoms with Gasteiger partial charge in [0, 0.05) is 25.2 Å². The minimum absolute atomic E-state index is 0.114. The van der Waals surface area contributed by atoms with E-state index in [1.54, 1.807) is 12.1 Å². The summed E-state index contributed by atoms with van der Waals surface area (Å²) < 4.78 is 30.1. The van der Waals surface area contributed by atoms with Gasteiger partial charge in [-0.15, -0.1) is 0 Å². The van der Waals surface area contributed by atoms with E-state index < -0.39 is 10.0 Å². The Morgan fingerprint density at radius 2 is 1.82 bits per heavy atom. The predicted octanol–water partition coefficient (Wildman–Crippen LogP) is 3.53. The maximum Gasteiger partial charge on any atom is 0.264 e. The van der Waals surface area contributed by atoms with E-state index in [4.69, 9.17) is 0 Å². The van der Waals surface area contributed by atoms with Crippen molar-refractivity contribution < 1.29 is 13.2 Å². The average Bonchev–Trinajstić information content (AvgIpc) is 3.40. The van der Waals surface area contributed by atoms with Gasteiger partial charge in [0.1, 0.15) is 5.82 Å². The molecule has 1 aliphatic heterocycles. The first kappa shape index (κ1) is 21.2. The summed E-state index contributed by atoms with van der Waals surface area (Å²) >= 11 is 0. The molecule has 1 amide bonds. The molecule has 4 aromatic rings. The Balaban J connectivity index is 1.31. The van der Waals surface area contributed by atoms with Gasteiger partial charge in [-0.05, 0) is 55.3 Å². The number of nitrogens with one attached hydrogen (secondary N) is 1. The number of sulfonamides is 1. The number of aryl methyl sites for hydroxylation is 1. The maximum atomic E-state index is 13.3. The molecule has 33 heavy (non-hydrogen) atoms. The van der Waals surface area contributed by atoms with Crippen LogP contribution >= 0.6 is 0 Å². The van der Waals surface area contributed by atoms with Gasteiger partial charge in [-0.3, -0.25) is 9.10 Å². The van der Waals surface area contributed by atoms with Gasteiger partial charge in [0.25, 0.3) is 15.9 Å². The van der Waals surface area contributed by atoms with Crippen LogP contribution in [0.5, 0.6) is 0 Å². The maximum absolute atomic E-state index is 13.3. The first-order valence-electron chi connectivity index (χ1n) is 10.9. The average molecular weight is 461 g/mol. The van der Waals surface area contributed by atoms with Crippen molar-refractivity contribution in [1.82, 2.24) is 14.9 Å². The largest absolute Gasteiger partial charge is 0.350 e. The summed E-state index contributed by atoms with van der Waals surface area (Å²) in [5, 5.41) is 2.90. The first-order chi connectivity index (χ1) is 15.9. The second-order valence-corrected chi connectivity index (χ2v) is 9.90. The number of hydrogen-bond donors (Lipinski definition) is 1. The summed E-state index contributed by atoms with van der Waals surface area (Å²) in [6, 6.07) is 21.6. The fourth-order valence-corrected chi connectivity index (χ4v) is 5.89. The number of anilines is 1. The van der Waals surface area contributed by atoms with E-state index in [9.17, 15) is 13.2 Å². The van der Waals surface area contributed by atoms with E-state index in [1.807, 2.05) is 55.5 Å². The van der Waals surface area contributed by atoms with Gasteiger partial charge in [0.05, 0.1) is 21.6 Å². The molecule has 0 radical (unpaired) electrons. The third-order valence-corrected chi connectivity index (χ3v) is 7.80. The smallest absolute Gasteiger partial charge is 0.264 e. The lowest BCUT2D eigenvalue weighted by atomic mass is 10.2. The Kier molecular flexibility index (Phi) is 5.38. The van der Waals surface area contributed by atoms with Gasteiger partial charge in [0.2, 0.25) is 0 Å². The number of imidazole rings is 1. The molecule has 0 unspecified atom stereocenters. The Morgan fingerprint density at radius 3 is 2.70 bits per heavy atom. The monoisotopic (exact) mass is 460 g/mol. The van der Waals surface area contributed by atoms with Gasteiger partial charge < -0.3 is 9.88 Å². The molecule has 0 fully saturated rings. The minimum Gasteiger partial charge on any atom is -0.350 e. The van der Waals surface area contributed by atoms with Gasteiger partial charge >= 0.3 is 0 Å². The summed E-state index contributed by atoms with van der Waals surface area (Å²) in [5.41, 5.74) is 3.97. The molecule has 0 atom stereocenters. The molecule has 2 heterocycles. The van der Waals surface area contributed by atoms with Crippen LogP contribution in [0.15, 0.2) is 77.7 Å². The second-order valence-electron chi connectivity index (χ2n) is 8.04. The molecule has 0 bridgehead atoms. The molecule has 1 aliphatic rings. The number of benzene rings is 3. The number of carbonyl (C=O) groups excluding carboxylic acids is 1. The molecule has 0 spiro atoms. The van der Waals surface area contributed by atoms with Crippen LogP contribution in [0, 0.1) is 6.92 Å². The molecule has 0 aliphatic carbocycles.